The number of hydrogen-bond acceptors (Lipinski definition) is 8. The Labute approximate surface area is 348 Å². The van der Waals surface area contributed by atoms with E-state index in [0.717, 1.165) is 50.2 Å². The molecule has 7 nitrogen and oxygen atoms in total. The van der Waals surface area contributed by atoms with Gasteiger partial charge < -0.3 is 19.4 Å². The molecular weight excluding hydrogens is 766 g/mol. The number of rotatable bonds is 10. The van der Waals surface area contributed by atoms with E-state index in [1.165, 1.54) is 36.4 Å². The molecular formula is C48H43F3N6OS. The van der Waals surface area contributed by atoms with Crippen molar-refractivity contribution in [1.29, 1.82) is 15.8 Å². The second kappa shape index (κ2) is 17.0. The van der Waals surface area contributed by atoms with Crippen LogP contribution in [0.1, 0.15) is 37.1 Å². The van der Waals surface area contributed by atoms with E-state index < -0.39 is 34.3 Å². The van der Waals surface area contributed by atoms with Gasteiger partial charge in [0.2, 0.25) is 0 Å². The minimum absolute atomic E-state index is 0.152. The van der Waals surface area contributed by atoms with Crippen LogP contribution in [0.2, 0.25) is 0 Å². The predicted octanol–water partition coefficient (Wildman–Crippen LogP) is 12.2. The number of thiophene rings is 1. The number of nitriles is 3. The van der Waals surface area contributed by atoms with E-state index in [1.807, 2.05) is 34.3 Å². The van der Waals surface area contributed by atoms with Crippen molar-refractivity contribution in [3.05, 3.63) is 165 Å². The molecule has 1 aromatic heterocycles. The van der Waals surface area contributed by atoms with Gasteiger partial charge in [0.05, 0.1) is 0 Å². The molecule has 1 atom stereocenters. The molecule has 298 valence electrons. The first-order chi connectivity index (χ1) is 28.1. The monoisotopic (exact) mass is 808 g/mol. The predicted molar refractivity (Wildman–Crippen MR) is 231 cm³/mol. The molecule has 3 aromatic carbocycles. The van der Waals surface area contributed by atoms with Crippen molar-refractivity contribution >= 4 is 45.2 Å². The van der Waals surface area contributed by atoms with Gasteiger partial charge in [-0.15, -0.1) is 11.3 Å². The molecule has 0 amide bonds. The summed E-state index contributed by atoms with van der Waals surface area (Å²) in [4.78, 5) is 7.43. The van der Waals surface area contributed by atoms with Crippen molar-refractivity contribution in [1.82, 2.24) is 0 Å². The third-order valence-electron chi connectivity index (χ3n) is 10.1. The topological polar surface area (TPSA) is 90.3 Å². The van der Waals surface area contributed by atoms with Crippen molar-refractivity contribution < 1.29 is 17.9 Å². The van der Waals surface area contributed by atoms with Gasteiger partial charge in [-0.1, -0.05) is 74.6 Å². The number of hydrogen-bond donors (Lipinski definition) is 0. The summed E-state index contributed by atoms with van der Waals surface area (Å²) in [7, 11) is 8.07. The van der Waals surface area contributed by atoms with Gasteiger partial charge in [0, 0.05) is 67.0 Å². The van der Waals surface area contributed by atoms with Crippen LogP contribution in [0.4, 0.5) is 40.9 Å². The number of ether oxygens (including phenoxy) is 1. The van der Waals surface area contributed by atoms with Gasteiger partial charge >= 0.3 is 6.18 Å². The quantitative estimate of drug-likeness (QED) is 0.147. The fourth-order valence-electron chi connectivity index (χ4n) is 7.37. The summed E-state index contributed by atoms with van der Waals surface area (Å²) in [6.45, 7) is 4.28. The van der Waals surface area contributed by atoms with Gasteiger partial charge in [0.15, 0.2) is 11.3 Å². The fraction of sp³-hybridized carbons (Fsp3) is 0.229. The minimum atomic E-state index is -5.06. The van der Waals surface area contributed by atoms with Crippen LogP contribution in [0, 0.1) is 39.4 Å². The molecule has 1 aliphatic carbocycles. The van der Waals surface area contributed by atoms with Gasteiger partial charge in [0.25, 0.3) is 5.60 Å². The molecule has 0 saturated heterocycles. The normalized spacial score (nSPS) is 18.3. The van der Waals surface area contributed by atoms with E-state index >= 15 is 13.2 Å². The van der Waals surface area contributed by atoms with E-state index in [4.69, 9.17) is 4.74 Å². The van der Waals surface area contributed by atoms with Crippen LogP contribution in [0.3, 0.4) is 0 Å². The molecule has 1 unspecified atom stereocenters. The molecule has 0 fully saturated rings. The molecule has 2 aliphatic rings. The Bertz CT molecular complexity index is 2450. The zero-order valence-corrected chi connectivity index (χ0v) is 34.5. The van der Waals surface area contributed by atoms with E-state index in [0.29, 0.717) is 6.42 Å². The fourth-order valence-corrected chi connectivity index (χ4v) is 8.32. The van der Waals surface area contributed by atoms with Crippen LogP contribution >= 0.6 is 11.3 Å². The Balaban J connectivity index is 1.34. The first kappa shape index (κ1) is 41.9. The molecule has 1 aliphatic heterocycles. The van der Waals surface area contributed by atoms with E-state index in [-0.39, 0.29) is 11.0 Å². The Morgan fingerprint density at radius 2 is 1.32 bits per heavy atom. The lowest BCUT2D eigenvalue weighted by molar-refractivity contribution is -0.249. The van der Waals surface area contributed by atoms with E-state index in [1.54, 1.807) is 41.7 Å². The van der Waals surface area contributed by atoms with E-state index in [9.17, 15) is 15.8 Å². The average Bonchev–Trinajstić information content (AvgIpc) is 3.81. The van der Waals surface area contributed by atoms with Gasteiger partial charge in [-0.2, -0.15) is 29.0 Å². The van der Waals surface area contributed by atoms with Crippen LogP contribution in [0.25, 0.3) is 6.08 Å². The highest BCUT2D eigenvalue weighted by molar-refractivity contribution is 7.17. The summed E-state index contributed by atoms with van der Waals surface area (Å²) in [5.41, 5.74) is 0.928. The maximum Gasteiger partial charge on any atom is 0.437 e. The molecule has 0 radical (unpaired) electrons. The highest BCUT2D eigenvalue weighted by Gasteiger charge is 2.65. The zero-order valence-electron chi connectivity index (χ0n) is 33.7. The highest BCUT2D eigenvalue weighted by Crippen LogP contribution is 2.56. The number of allylic oxidation sites excluding steroid dienone is 8. The molecule has 0 spiro atoms. The van der Waals surface area contributed by atoms with Crippen LogP contribution in [-0.2, 0) is 10.3 Å². The lowest BCUT2D eigenvalue weighted by atomic mass is 9.75. The number of halogens is 3. The standard InChI is InChI=1S/C48H43F3N6OS/c1-46(2)28-33(11-10-14-43-42(32-54)45(35(30-52)31-53)58-47(43,48(49,50)51)36-12-8-7-9-13-36)27-34(29-46)15-24-41-25-26-44(59-41)57(39-20-16-37(17-21-39)55(3)4)40-22-18-38(19-23-40)56(5)6/h7-27H,28-29H2,1-6H3/b14-10+,24-15+,33-11-. The maximum absolute atomic E-state index is 15.2. The van der Waals surface area contributed by atoms with Crippen LogP contribution in [0.15, 0.2) is 155 Å². The maximum atomic E-state index is 15.2. The molecule has 0 N–H and O–H groups in total. The molecule has 4 aromatic rings. The number of nitrogens with zero attached hydrogens (tertiary/aromatic N) is 6. The summed E-state index contributed by atoms with van der Waals surface area (Å²) in [5.74, 6) is -0.693. The Morgan fingerprint density at radius 1 is 0.746 bits per heavy atom. The Kier molecular flexibility index (Phi) is 12.1. The van der Waals surface area contributed by atoms with Crippen LogP contribution in [-0.4, -0.2) is 34.4 Å². The van der Waals surface area contributed by atoms with Gasteiger partial charge in [-0.25, -0.2) is 0 Å². The first-order valence-corrected chi connectivity index (χ1v) is 19.6. The van der Waals surface area contributed by atoms with Gasteiger partial charge in [-0.3, -0.25) is 0 Å². The number of benzene rings is 3. The van der Waals surface area contributed by atoms with Crippen molar-refractivity contribution in [3.8, 4) is 18.2 Å². The first-order valence-electron chi connectivity index (χ1n) is 18.8. The Morgan fingerprint density at radius 3 is 1.85 bits per heavy atom. The largest absolute Gasteiger partial charge is 0.465 e. The van der Waals surface area contributed by atoms with Crippen molar-refractivity contribution in [2.45, 2.75) is 38.5 Å². The summed E-state index contributed by atoms with van der Waals surface area (Å²) in [6, 6.07) is 33.0. The molecule has 11 heteroatoms. The summed E-state index contributed by atoms with van der Waals surface area (Å²) in [6.07, 6.45) is 7.03. The van der Waals surface area contributed by atoms with Crippen molar-refractivity contribution in [2.24, 2.45) is 5.41 Å². The number of anilines is 5. The Hall–Kier alpha value is -6.74. The third-order valence-corrected chi connectivity index (χ3v) is 11.2. The zero-order chi connectivity index (χ0) is 42.5. The number of alkyl halides is 3. The summed E-state index contributed by atoms with van der Waals surface area (Å²) < 4.78 is 51.2. The summed E-state index contributed by atoms with van der Waals surface area (Å²) >= 11 is 1.66. The van der Waals surface area contributed by atoms with Crippen molar-refractivity contribution in [3.63, 3.8) is 0 Å². The van der Waals surface area contributed by atoms with Gasteiger partial charge in [-0.05, 0) is 96.1 Å². The van der Waals surface area contributed by atoms with Gasteiger partial charge in [0.1, 0.15) is 28.8 Å². The lowest BCUT2D eigenvalue weighted by Gasteiger charge is -2.33. The van der Waals surface area contributed by atoms with Crippen molar-refractivity contribution in [2.75, 3.05) is 42.9 Å². The lowest BCUT2D eigenvalue weighted by Crippen LogP contribution is -2.43. The minimum Gasteiger partial charge on any atom is -0.465 e. The molecule has 2 heterocycles. The molecule has 6 rings (SSSR count). The van der Waals surface area contributed by atoms with E-state index in [2.05, 4.69) is 101 Å². The smallest absolute Gasteiger partial charge is 0.437 e. The second-order valence-corrected chi connectivity index (χ2v) is 16.6. The van der Waals surface area contributed by atoms with Crippen LogP contribution < -0.4 is 14.7 Å². The highest BCUT2D eigenvalue weighted by atomic mass is 32.1. The second-order valence-electron chi connectivity index (χ2n) is 15.5. The summed E-state index contributed by atoms with van der Waals surface area (Å²) in [5, 5.41) is 30.3. The SMILES string of the molecule is CN(C)c1ccc(N(c2ccc(N(C)C)cc2)c2ccc(/C=C/C3=CC(=C/C=C/C4=C(C#N)C(=C(C#N)C#N)OC4(c4ccccc4)C(F)(F)F)/CC(C)(C)C3)s2)cc1. The average molecular weight is 809 g/mol. The molecule has 0 saturated carbocycles. The third kappa shape index (κ3) is 8.75. The molecule has 59 heavy (non-hydrogen) atoms. The van der Waals surface area contributed by atoms with Crippen LogP contribution in [0.5, 0.6) is 0 Å². The molecule has 0 bridgehead atoms.